The Balaban J connectivity index is 1.74. The van der Waals surface area contributed by atoms with Crippen LogP contribution in [0.25, 0.3) is 0 Å². The van der Waals surface area contributed by atoms with Crippen LogP contribution in [-0.4, -0.2) is 23.9 Å². The molecule has 6 nitrogen and oxygen atoms in total. The van der Waals surface area contributed by atoms with Crippen LogP contribution in [-0.2, 0) is 11.3 Å². The summed E-state index contributed by atoms with van der Waals surface area (Å²) in [4.78, 5) is 10.3. The van der Waals surface area contributed by atoms with Crippen molar-refractivity contribution in [2.45, 2.75) is 6.54 Å². The highest BCUT2D eigenvalue weighted by molar-refractivity contribution is 7.80. The Labute approximate surface area is 149 Å². The molecule has 0 aliphatic carbocycles. The second-order valence-corrected chi connectivity index (χ2v) is 5.32. The van der Waals surface area contributed by atoms with Gasteiger partial charge in [0.1, 0.15) is 18.2 Å². The lowest BCUT2D eigenvalue weighted by molar-refractivity contribution is -0.307. The van der Waals surface area contributed by atoms with Crippen LogP contribution in [0.4, 0.5) is 4.39 Å². The summed E-state index contributed by atoms with van der Waals surface area (Å²) in [6.45, 7) is -0.0465. The van der Waals surface area contributed by atoms with E-state index >= 15 is 0 Å². The molecular weight excluding hydrogens is 345 g/mol. The van der Waals surface area contributed by atoms with Crippen molar-refractivity contribution < 1.29 is 19.0 Å². The van der Waals surface area contributed by atoms with E-state index in [-0.39, 0.29) is 5.82 Å². The van der Waals surface area contributed by atoms with Gasteiger partial charge in [-0.1, -0.05) is 12.1 Å². The number of benzene rings is 2. The number of nitrogens with one attached hydrogen (secondary N) is 2. The molecule has 130 valence electrons. The normalized spacial score (nSPS) is 10.4. The predicted molar refractivity (Wildman–Crippen MR) is 93.5 cm³/mol. The third-order valence-electron chi connectivity index (χ3n) is 2.98. The zero-order valence-corrected chi connectivity index (χ0v) is 13.9. The zero-order chi connectivity index (χ0) is 18.1. The van der Waals surface area contributed by atoms with Gasteiger partial charge >= 0.3 is 0 Å². The standard InChI is InChI=1S/C17H16FN3O3S/c18-14-5-1-12(2-6-14)9-19-17(25)21-20-10-13-3-7-15(8-4-13)24-11-16(22)23/h1-8,10H,9,11H2,(H,22,23)(H2,19,21,25)/p-1/b20-10-. The molecule has 0 aliphatic heterocycles. The van der Waals surface area contributed by atoms with Gasteiger partial charge in [0, 0.05) is 6.54 Å². The molecule has 0 spiro atoms. The third kappa shape index (κ3) is 6.96. The van der Waals surface area contributed by atoms with Gasteiger partial charge in [-0.15, -0.1) is 0 Å². The Morgan fingerprint density at radius 2 is 1.88 bits per heavy atom. The molecule has 0 amide bonds. The fraction of sp³-hybridized carbons (Fsp3) is 0.118. The maximum absolute atomic E-state index is 12.8. The average Bonchev–Trinajstić information content (AvgIpc) is 2.60. The van der Waals surface area contributed by atoms with Crippen LogP contribution in [0.15, 0.2) is 53.6 Å². The van der Waals surface area contributed by atoms with Gasteiger partial charge in [0.15, 0.2) is 5.11 Å². The van der Waals surface area contributed by atoms with Gasteiger partial charge in [-0.05, 0) is 59.7 Å². The molecule has 2 aromatic carbocycles. The number of carboxylic acids is 1. The number of hydrazone groups is 1. The van der Waals surface area contributed by atoms with Crippen molar-refractivity contribution in [2.24, 2.45) is 5.10 Å². The molecule has 2 N–H and O–H groups in total. The van der Waals surface area contributed by atoms with Gasteiger partial charge < -0.3 is 20.0 Å². The largest absolute Gasteiger partial charge is 0.546 e. The molecule has 0 saturated heterocycles. The molecule has 0 saturated carbocycles. The number of carboxylic acid groups (broad SMARTS) is 1. The second-order valence-electron chi connectivity index (χ2n) is 4.91. The Hall–Kier alpha value is -3.00. The number of nitrogens with zero attached hydrogens (tertiary/aromatic N) is 1. The van der Waals surface area contributed by atoms with Crippen molar-refractivity contribution in [3.8, 4) is 5.75 Å². The lowest BCUT2D eigenvalue weighted by Gasteiger charge is -2.07. The van der Waals surface area contributed by atoms with E-state index in [2.05, 4.69) is 15.8 Å². The fourth-order valence-corrected chi connectivity index (χ4v) is 1.91. The molecule has 25 heavy (non-hydrogen) atoms. The Morgan fingerprint density at radius 3 is 2.52 bits per heavy atom. The van der Waals surface area contributed by atoms with E-state index in [0.717, 1.165) is 11.1 Å². The van der Waals surface area contributed by atoms with Crippen molar-refractivity contribution in [3.05, 3.63) is 65.5 Å². The van der Waals surface area contributed by atoms with Gasteiger partial charge in [-0.2, -0.15) is 5.10 Å². The number of aliphatic carboxylic acids is 1. The summed E-state index contributed by atoms with van der Waals surface area (Å²) in [7, 11) is 0. The maximum Gasteiger partial charge on any atom is 0.187 e. The van der Waals surface area contributed by atoms with Crippen LogP contribution >= 0.6 is 12.2 Å². The third-order valence-corrected chi connectivity index (χ3v) is 3.22. The van der Waals surface area contributed by atoms with E-state index in [1.807, 2.05) is 0 Å². The van der Waals surface area contributed by atoms with E-state index < -0.39 is 12.6 Å². The van der Waals surface area contributed by atoms with Crippen LogP contribution < -0.4 is 20.6 Å². The minimum atomic E-state index is -1.28. The highest BCUT2D eigenvalue weighted by Crippen LogP contribution is 2.10. The molecule has 0 radical (unpaired) electrons. The fourth-order valence-electron chi connectivity index (χ4n) is 1.78. The lowest BCUT2D eigenvalue weighted by Crippen LogP contribution is -2.31. The SMILES string of the molecule is O=C([O-])COc1ccc(/C=N\NC(=S)NCc2ccc(F)cc2)cc1. The minimum Gasteiger partial charge on any atom is -0.546 e. The molecule has 0 bridgehead atoms. The molecule has 8 heteroatoms. The number of halogens is 1. The molecule has 0 heterocycles. The molecule has 2 rings (SSSR count). The van der Waals surface area contributed by atoms with Gasteiger partial charge in [-0.25, -0.2) is 4.39 Å². The van der Waals surface area contributed by atoms with E-state index in [0.29, 0.717) is 17.4 Å². The van der Waals surface area contributed by atoms with Crippen molar-refractivity contribution >= 4 is 29.5 Å². The van der Waals surface area contributed by atoms with Crippen molar-refractivity contribution in [1.29, 1.82) is 0 Å². The topological polar surface area (TPSA) is 85.8 Å². The van der Waals surface area contributed by atoms with Gasteiger partial charge in [0.25, 0.3) is 0 Å². The number of hydrogen-bond donors (Lipinski definition) is 2. The predicted octanol–water partition coefficient (Wildman–Crippen LogP) is 0.953. The Bertz CT molecular complexity index is 749. The second kappa shape index (κ2) is 9.33. The Kier molecular flexibility index (Phi) is 6.85. The summed E-state index contributed by atoms with van der Waals surface area (Å²) in [5, 5.41) is 17.6. The number of ether oxygens (including phenoxy) is 1. The molecule has 2 aromatic rings. The number of carbonyl (C=O) groups is 1. The molecule has 0 aliphatic rings. The summed E-state index contributed by atoms with van der Waals surface area (Å²) < 4.78 is 17.8. The van der Waals surface area contributed by atoms with E-state index in [9.17, 15) is 14.3 Å². The van der Waals surface area contributed by atoms with Crippen LogP contribution in [0.1, 0.15) is 11.1 Å². The first-order valence-corrected chi connectivity index (χ1v) is 7.68. The molecular formula is C17H15FN3O3S-. The summed E-state index contributed by atoms with van der Waals surface area (Å²) >= 11 is 5.08. The highest BCUT2D eigenvalue weighted by atomic mass is 32.1. The monoisotopic (exact) mass is 360 g/mol. The van der Waals surface area contributed by atoms with E-state index in [1.165, 1.54) is 12.1 Å². The first kappa shape index (κ1) is 18.3. The highest BCUT2D eigenvalue weighted by Gasteiger charge is 1.97. The minimum absolute atomic E-state index is 0.287. The number of rotatable bonds is 7. The number of thiocarbonyl (C=S) groups is 1. The molecule has 0 aromatic heterocycles. The first-order valence-electron chi connectivity index (χ1n) is 7.27. The number of hydrogen-bond acceptors (Lipinski definition) is 5. The van der Waals surface area contributed by atoms with Crippen molar-refractivity contribution in [1.82, 2.24) is 10.7 Å². The summed E-state index contributed by atoms with van der Waals surface area (Å²) in [6, 6.07) is 12.8. The average molecular weight is 360 g/mol. The van der Waals surface area contributed by atoms with Gasteiger partial charge in [0.05, 0.1) is 12.2 Å². The van der Waals surface area contributed by atoms with Crippen LogP contribution in [0, 0.1) is 5.82 Å². The smallest absolute Gasteiger partial charge is 0.187 e. The van der Waals surface area contributed by atoms with E-state index in [1.54, 1.807) is 42.6 Å². The van der Waals surface area contributed by atoms with Gasteiger partial charge in [0.2, 0.25) is 0 Å². The molecule has 0 unspecified atom stereocenters. The van der Waals surface area contributed by atoms with Crippen molar-refractivity contribution in [2.75, 3.05) is 6.61 Å². The zero-order valence-electron chi connectivity index (χ0n) is 13.1. The summed E-state index contributed by atoms with van der Waals surface area (Å²) in [5.41, 5.74) is 4.33. The maximum atomic E-state index is 12.8. The van der Waals surface area contributed by atoms with Crippen LogP contribution in [0.5, 0.6) is 5.75 Å². The molecule has 0 atom stereocenters. The van der Waals surface area contributed by atoms with Crippen molar-refractivity contribution in [3.63, 3.8) is 0 Å². The first-order chi connectivity index (χ1) is 12.0. The Morgan fingerprint density at radius 1 is 1.20 bits per heavy atom. The van der Waals surface area contributed by atoms with Crippen LogP contribution in [0.2, 0.25) is 0 Å². The summed E-state index contributed by atoms with van der Waals surface area (Å²) in [6.07, 6.45) is 1.55. The number of carbonyl (C=O) groups excluding carboxylic acids is 1. The summed E-state index contributed by atoms with van der Waals surface area (Å²) in [5.74, 6) is -1.15. The lowest BCUT2D eigenvalue weighted by atomic mass is 10.2. The quantitative estimate of drug-likeness (QED) is 0.434. The van der Waals surface area contributed by atoms with E-state index in [4.69, 9.17) is 17.0 Å². The molecule has 0 fully saturated rings. The van der Waals surface area contributed by atoms with Crippen LogP contribution in [0.3, 0.4) is 0 Å². The van der Waals surface area contributed by atoms with Gasteiger partial charge in [-0.3, -0.25) is 5.43 Å².